The summed E-state index contributed by atoms with van der Waals surface area (Å²) in [6.45, 7) is 3.72. The summed E-state index contributed by atoms with van der Waals surface area (Å²) in [4.78, 5) is 15.8. The standard InChI is InChI=1S/C16H18Cl3N3O3/c1-16(2,8-18)14(25-13(23)7-17)15(22-10-20-9-21-22)24-12-5-3-11(19)4-6-12/h3-6,9-10,14-15H,7-8H2,1-2H3. The largest absolute Gasteiger partial charge is 0.465 e. The Balaban J connectivity index is 2.39. The van der Waals surface area contributed by atoms with Crippen LogP contribution in [0.15, 0.2) is 36.9 Å². The number of hydrogen-bond donors (Lipinski definition) is 0. The molecule has 1 heterocycles. The second-order valence-corrected chi connectivity index (χ2v) is 6.98. The van der Waals surface area contributed by atoms with Crippen molar-refractivity contribution in [2.45, 2.75) is 26.2 Å². The number of alkyl halides is 2. The van der Waals surface area contributed by atoms with Gasteiger partial charge in [-0.15, -0.1) is 23.2 Å². The van der Waals surface area contributed by atoms with Crippen molar-refractivity contribution in [1.82, 2.24) is 14.8 Å². The number of rotatable bonds is 8. The molecule has 0 bridgehead atoms. The number of carbonyl (C=O) groups is 1. The average Bonchev–Trinajstić information content (AvgIpc) is 3.13. The summed E-state index contributed by atoms with van der Waals surface area (Å²) >= 11 is 17.6. The minimum Gasteiger partial charge on any atom is -0.465 e. The lowest BCUT2D eigenvalue weighted by Gasteiger charge is -2.37. The molecule has 9 heteroatoms. The van der Waals surface area contributed by atoms with E-state index in [0.29, 0.717) is 10.8 Å². The summed E-state index contributed by atoms with van der Waals surface area (Å²) in [5, 5.41) is 4.70. The average molecular weight is 407 g/mol. The molecular formula is C16H18Cl3N3O3. The molecule has 2 aromatic rings. The smallest absolute Gasteiger partial charge is 0.321 e. The van der Waals surface area contributed by atoms with Crippen molar-refractivity contribution in [3.63, 3.8) is 0 Å². The first-order valence-corrected chi connectivity index (χ1v) is 8.90. The van der Waals surface area contributed by atoms with Gasteiger partial charge in [0.15, 0.2) is 6.10 Å². The fourth-order valence-electron chi connectivity index (χ4n) is 2.11. The highest BCUT2D eigenvalue weighted by molar-refractivity contribution is 6.30. The van der Waals surface area contributed by atoms with Gasteiger partial charge in [0.1, 0.15) is 24.3 Å². The van der Waals surface area contributed by atoms with Crippen molar-refractivity contribution in [1.29, 1.82) is 0 Å². The van der Waals surface area contributed by atoms with Crippen LogP contribution in [-0.2, 0) is 9.53 Å². The van der Waals surface area contributed by atoms with Gasteiger partial charge in [0.25, 0.3) is 0 Å². The van der Waals surface area contributed by atoms with Crippen LogP contribution in [0.2, 0.25) is 5.02 Å². The van der Waals surface area contributed by atoms with Crippen LogP contribution in [0.1, 0.15) is 20.1 Å². The molecule has 2 atom stereocenters. The van der Waals surface area contributed by atoms with Crippen LogP contribution in [0.5, 0.6) is 5.75 Å². The molecule has 0 aliphatic rings. The number of nitrogens with zero attached hydrogens (tertiary/aromatic N) is 3. The molecular weight excluding hydrogens is 389 g/mol. The molecule has 0 aliphatic carbocycles. The molecule has 0 spiro atoms. The first kappa shape index (κ1) is 19.8. The van der Waals surface area contributed by atoms with Crippen molar-refractivity contribution in [2.75, 3.05) is 11.8 Å². The highest BCUT2D eigenvalue weighted by atomic mass is 35.5. The summed E-state index contributed by atoms with van der Waals surface area (Å²) in [6.07, 6.45) is 1.30. The van der Waals surface area contributed by atoms with Gasteiger partial charge in [-0.1, -0.05) is 25.4 Å². The van der Waals surface area contributed by atoms with E-state index in [0.717, 1.165) is 0 Å². The van der Waals surface area contributed by atoms with Crippen molar-refractivity contribution < 1.29 is 14.3 Å². The van der Waals surface area contributed by atoms with E-state index in [1.165, 1.54) is 17.3 Å². The van der Waals surface area contributed by atoms with Gasteiger partial charge in [0.05, 0.1) is 0 Å². The van der Waals surface area contributed by atoms with Gasteiger partial charge in [0.2, 0.25) is 6.23 Å². The highest BCUT2D eigenvalue weighted by Gasteiger charge is 2.41. The monoisotopic (exact) mass is 405 g/mol. The predicted octanol–water partition coefficient (Wildman–Crippen LogP) is 3.92. The van der Waals surface area contributed by atoms with Crippen LogP contribution in [0.25, 0.3) is 0 Å². The number of esters is 1. The maximum absolute atomic E-state index is 11.8. The zero-order valence-electron chi connectivity index (χ0n) is 13.7. The zero-order valence-corrected chi connectivity index (χ0v) is 16.0. The molecule has 0 radical (unpaired) electrons. The van der Waals surface area contributed by atoms with E-state index in [-0.39, 0.29) is 11.8 Å². The summed E-state index contributed by atoms with van der Waals surface area (Å²) in [5.41, 5.74) is -0.619. The van der Waals surface area contributed by atoms with Crippen molar-refractivity contribution in [3.8, 4) is 5.75 Å². The topological polar surface area (TPSA) is 66.2 Å². The molecule has 1 aromatic heterocycles. The highest BCUT2D eigenvalue weighted by Crippen LogP contribution is 2.34. The Morgan fingerprint density at radius 3 is 2.48 bits per heavy atom. The molecule has 0 N–H and O–H groups in total. The van der Waals surface area contributed by atoms with Crippen LogP contribution >= 0.6 is 34.8 Å². The Bertz CT molecular complexity index is 678. The first-order chi connectivity index (χ1) is 11.9. The number of aromatic nitrogens is 3. The third-order valence-electron chi connectivity index (χ3n) is 3.51. The molecule has 2 rings (SSSR count). The lowest BCUT2D eigenvalue weighted by molar-refractivity contribution is -0.165. The van der Waals surface area contributed by atoms with Crippen molar-refractivity contribution in [3.05, 3.63) is 41.9 Å². The van der Waals surface area contributed by atoms with E-state index in [4.69, 9.17) is 44.3 Å². The molecule has 6 nitrogen and oxygen atoms in total. The Hall–Kier alpha value is -1.50. The molecule has 25 heavy (non-hydrogen) atoms. The van der Waals surface area contributed by atoms with Gasteiger partial charge in [-0.25, -0.2) is 9.67 Å². The predicted molar refractivity (Wildman–Crippen MR) is 96.2 cm³/mol. The zero-order chi connectivity index (χ0) is 18.4. The maximum Gasteiger partial charge on any atom is 0.321 e. The molecule has 1 aromatic carbocycles. The third-order valence-corrected chi connectivity index (χ3v) is 4.67. The van der Waals surface area contributed by atoms with Gasteiger partial charge < -0.3 is 9.47 Å². The molecule has 0 saturated heterocycles. The Morgan fingerprint density at radius 1 is 1.28 bits per heavy atom. The van der Waals surface area contributed by atoms with E-state index < -0.39 is 23.7 Å². The molecule has 136 valence electrons. The minimum atomic E-state index is -0.787. The van der Waals surface area contributed by atoms with Gasteiger partial charge in [-0.2, -0.15) is 5.10 Å². The Morgan fingerprint density at radius 2 is 1.96 bits per heavy atom. The third kappa shape index (κ3) is 5.23. The lowest BCUT2D eigenvalue weighted by atomic mass is 9.87. The van der Waals surface area contributed by atoms with Crippen LogP contribution in [0.4, 0.5) is 0 Å². The maximum atomic E-state index is 11.8. The van der Waals surface area contributed by atoms with Gasteiger partial charge in [-0.3, -0.25) is 4.79 Å². The normalized spacial score (nSPS) is 14.0. The minimum absolute atomic E-state index is 0.225. The van der Waals surface area contributed by atoms with Crippen LogP contribution in [-0.4, -0.2) is 38.6 Å². The molecule has 2 unspecified atom stereocenters. The molecule has 0 aliphatic heterocycles. The van der Waals surface area contributed by atoms with Gasteiger partial charge in [0, 0.05) is 16.3 Å². The fourth-order valence-corrected chi connectivity index (χ4v) is 2.45. The number of carbonyl (C=O) groups excluding carboxylic acids is 1. The lowest BCUT2D eigenvalue weighted by Crippen LogP contribution is -2.45. The van der Waals surface area contributed by atoms with E-state index in [1.807, 2.05) is 13.8 Å². The van der Waals surface area contributed by atoms with E-state index >= 15 is 0 Å². The molecule has 0 amide bonds. The number of hydrogen-bond acceptors (Lipinski definition) is 5. The van der Waals surface area contributed by atoms with E-state index in [1.54, 1.807) is 24.3 Å². The van der Waals surface area contributed by atoms with Gasteiger partial charge in [-0.05, 0) is 24.3 Å². The van der Waals surface area contributed by atoms with Crippen LogP contribution < -0.4 is 4.74 Å². The fraction of sp³-hybridized carbons (Fsp3) is 0.438. The molecule has 0 saturated carbocycles. The number of benzene rings is 1. The van der Waals surface area contributed by atoms with Crippen molar-refractivity contribution in [2.24, 2.45) is 5.41 Å². The van der Waals surface area contributed by atoms with Crippen LogP contribution in [0, 0.1) is 5.41 Å². The van der Waals surface area contributed by atoms with Crippen molar-refractivity contribution >= 4 is 40.8 Å². The SMILES string of the molecule is CC(C)(CCl)C(OC(=O)CCl)C(Oc1ccc(Cl)cc1)n1cncn1. The van der Waals surface area contributed by atoms with Crippen LogP contribution in [0.3, 0.4) is 0 Å². The summed E-state index contributed by atoms with van der Waals surface area (Å²) in [5.74, 6) is -0.0978. The summed E-state index contributed by atoms with van der Waals surface area (Å²) in [6, 6.07) is 6.81. The van der Waals surface area contributed by atoms with Gasteiger partial charge >= 0.3 is 5.97 Å². The number of ether oxygens (including phenoxy) is 2. The quantitative estimate of drug-likeness (QED) is 0.491. The Kier molecular flexibility index (Phi) is 6.93. The summed E-state index contributed by atoms with van der Waals surface area (Å²) < 4.78 is 13.0. The molecule has 0 fully saturated rings. The summed E-state index contributed by atoms with van der Waals surface area (Å²) in [7, 11) is 0. The van der Waals surface area contributed by atoms with E-state index in [9.17, 15) is 4.79 Å². The first-order valence-electron chi connectivity index (χ1n) is 7.45. The second kappa shape index (κ2) is 8.74. The van der Waals surface area contributed by atoms with E-state index in [2.05, 4.69) is 10.1 Å². The Labute approximate surface area is 161 Å². The second-order valence-electron chi connectivity index (χ2n) is 6.00. The number of halogens is 3.